The highest BCUT2D eigenvalue weighted by Gasteiger charge is 2.20. The van der Waals surface area contributed by atoms with Gasteiger partial charge < -0.3 is 0 Å². The molecule has 0 spiro atoms. The van der Waals surface area contributed by atoms with E-state index in [1.54, 1.807) is 0 Å². The molecule has 1 aromatic heterocycles. The van der Waals surface area contributed by atoms with Gasteiger partial charge in [-0.25, -0.2) is 15.0 Å². The molecule has 0 N–H and O–H groups in total. The van der Waals surface area contributed by atoms with E-state index in [9.17, 15) is 5.26 Å². The zero-order chi connectivity index (χ0) is 40.0. The number of nitrogens with zero attached hydrogens (tertiary/aromatic N) is 4. The first-order chi connectivity index (χ1) is 29.7. The van der Waals surface area contributed by atoms with Gasteiger partial charge in [-0.2, -0.15) is 5.26 Å². The highest BCUT2D eigenvalue weighted by atomic mass is 15.0. The second-order valence-corrected chi connectivity index (χ2v) is 15.0. The van der Waals surface area contributed by atoms with Crippen molar-refractivity contribution in [3.05, 3.63) is 212 Å². The monoisotopic (exact) mass is 762 g/mol. The number of aromatic nitrogens is 3. The van der Waals surface area contributed by atoms with Gasteiger partial charge in [-0.05, 0) is 77.5 Å². The molecule has 0 saturated carbocycles. The predicted molar refractivity (Wildman–Crippen MR) is 247 cm³/mol. The van der Waals surface area contributed by atoms with Gasteiger partial charge in [-0.1, -0.05) is 194 Å². The lowest BCUT2D eigenvalue weighted by molar-refractivity contribution is 1.08. The van der Waals surface area contributed by atoms with Crippen molar-refractivity contribution in [1.29, 1.82) is 5.26 Å². The van der Waals surface area contributed by atoms with Crippen LogP contribution in [0, 0.1) is 11.3 Å². The van der Waals surface area contributed by atoms with Gasteiger partial charge in [0.25, 0.3) is 0 Å². The number of benzene rings is 10. The second-order valence-electron chi connectivity index (χ2n) is 15.0. The van der Waals surface area contributed by atoms with Crippen LogP contribution in [0.5, 0.6) is 0 Å². The van der Waals surface area contributed by atoms with Gasteiger partial charge in [0.1, 0.15) is 6.07 Å². The molecule has 11 aromatic rings. The summed E-state index contributed by atoms with van der Waals surface area (Å²) in [6.45, 7) is 0. The van der Waals surface area contributed by atoms with Crippen LogP contribution in [0.3, 0.4) is 0 Å². The van der Waals surface area contributed by atoms with Gasteiger partial charge in [0.05, 0.1) is 5.56 Å². The topological polar surface area (TPSA) is 62.5 Å². The summed E-state index contributed by atoms with van der Waals surface area (Å²) in [5, 5.41) is 20.4. The lowest BCUT2D eigenvalue weighted by atomic mass is 9.89. The van der Waals surface area contributed by atoms with E-state index in [2.05, 4.69) is 146 Å². The Kier molecular flexibility index (Phi) is 8.50. The van der Waals surface area contributed by atoms with Crippen LogP contribution in [0.15, 0.2) is 206 Å². The Bertz CT molecular complexity index is 3510. The van der Waals surface area contributed by atoms with E-state index in [0.717, 1.165) is 60.8 Å². The lowest BCUT2D eigenvalue weighted by Crippen LogP contribution is -2.02. The molecular weight excluding hydrogens is 729 g/mol. The van der Waals surface area contributed by atoms with E-state index >= 15 is 0 Å². The van der Waals surface area contributed by atoms with Crippen molar-refractivity contribution < 1.29 is 0 Å². The van der Waals surface area contributed by atoms with E-state index in [-0.39, 0.29) is 0 Å². The van der Waals surface area contributed by atoms with Crippen molar-refractivity contribution in [2.45, 2.75) is 0 Å². The Morgan fingerprint density at radius 2 is 0.783 bits per heavy atom. The van der Waals surface area contributed by atoms with E-state index in [0.29, 0.717) is 23.0 Å². The van der Waals surface area contributed by atoms with Crippen molar-refractivity contribution in [3.8, 4) is 73.6 Å². The minimum absolute atomic E-state index is 0.535. The molecule has 0 amide bonds. The van der Waals surface area contributed by atoms with E-state index in [1.807, 2.05) is 66.7 Å². The standard InChI is InChI=1S/C56H34N4/c57-35-53-45(42-18-10-17-40(33-42)41-30-29-38-28-27-36-13-5-7-20-44(36)52(38)34-41)23-11-25-48(53)47-21-8-9-22-50(47)55-58-54(39-15-2-1-3-16-39)59-56(60-55)51-26-12-24-46-43-19-6-4-14-37(43)31-32-49(46)51/h1-34H. The normalized spacial score (nSPS) is 11.3. The number of hydrogen-bond acceptors (Lipinski definition) is 4. The van der Waals surface area contributed by atoms with Crippen molar-refractivity contribution in [1.82, 2.24) is 15.0 Å². The molecule has 4 nitrogen and oxygen atoms in total. The molecule has 0 unspecified atom stereocenters. The van der Waals surface area contributed by atoms with Crippen LogP contribution in [0.25, 0.3) is 111 Å². The smallest absolute Gasteiger partial charge is 0.164 e. The van der Waals surface area contributed by atoms with Crippen LogP contribution in [0.2, 0.25) is 0 Å². The second kappa shape index (κ2) is 14.6. The van der Waals surface area contributed by atoms with Crippen LogP contribution in [0.1, 0.15) is 5.56 Å². The fraction of sp³-hybridized carbons (Fsp3) is 0. The summed E-state index contributed by atoms with van der Waals surface area (Å²) < 4.78 is 0. The maximum Gasteiger partial charge on any atom is 0.164 e. The molecule has 1 heterocycles. The average molecular weight is 763 g/mol. The Morgan fingerprint density at radius 1 is 0.283 bits per heavy atom. The number of rotatable bonds is 6. The highest BCUT2D eigenvalue weighted by Crippen LogP contribution is 2.40. The molecule has 0 bridgehead atoms. The molecule has 0 atom stereocenters. The largest absolute Gasteiger partial charge is 0.208 e. The fourth-order valence-electron chi connectivity index (χ4n) is 8.67. The van der Waals surface area contributed by atoms with E-state index in [1.165, 1.54) is 32.3 Å². The van der Waals surface area contributed by atoms with Gasteiger partial charge in [0.2, 0.25) is 0 Å². The molecule has 0 fully saturated rings. The molecule has 0 aliphatic carbocycles. The number of fused-ring (bicyclic) bond motifs is 6. The number of hydrogen-bond donors (Lipinski definition) is 0. The average Bonchev–Trinajstić information content (AvgIpc) is 3.33. The molecule has 278 valence electrons. The first kappa shape index (κ1) is 34.9. The van der Waals surface area contributed by atoms with Crippen molar-refractivity contribution >= 4 is 43.1 Å². The molecular formula is C56H34N4. The van der Waals surface area contributed by atoms with Gasteiger partial charge >= 0.3 is 0 Å². The van der Waals surface area contributed by atoms with Crippen LogP contribution < -0.4 is 0 Å². The quantitative estimate of drug-likeness (QED) is 0.158. The van der Waals surface area contributed by atoms with Gasteiger partial charge in [0, 0.05) is 27.8 Å². The minimum Gasteiger partial charge on any atom is -0.208 e. The van der Waals surface area contributed by atoms with Crippen LogP contribution in [-0.2, 0) is 0 Å². The maximum atomic E-state index is 11.0. The van der Waals surface area contributed by atoms with Crippen LogP contribution in [0.4, 0.5) is 0 Å². The predicted octanol–water partition coefficient (Wildman–Crippen LogP) is 14.4. The summed E-state index contributed by atoms with van der Waals surface area (Å²) in [6, 6.07) is 74.0. The summed E-state index contributed by atoms with van der Waals surface area (Å²) in [5.74, 6) is 1.70. The molecule has 0 aliphatic rings. The zero-order valence-electron chi connectivity index (χ0n) is 32.4. The molecule has 0 radical (unpaired) electrons. The van der Waals surface area contributed by atoms with Gasteiger partial charge in [-0.3, -0.25) is 0 Å². The van der Waals surface area contributed by atoms with Crippen LogP contribution >= 0.6 is 0 Å². The molecule has 0 aliphatic heterocycles. The first-order valence-electron chi connectivity index (χ1n) is 20.1. The minimum atomic E-state index is 0.535. The van der Waals surface area contributed by atoms with Crippen molar-refractivity contribution in [2.24, 2.45) is 0 Å². The third-order valence-electron chi connectivity index (χ3n) is 11.6. The van der Waals surface area contributed by atoms with Crippen molar-refractivity contribution in [2.75, 3.05) is 0 Å². The first-order valence-corrected chi connectivity index (χ1v) is 20.1. The van der Waals surface area contributed by atoms with E-state index in [4.69, 9.17) is 15.0 Å². The van der Waals surface area contributed by atoms with Gasteiger partial charge in [-0.15, -0.1) is 0 Å². The zero-order valence-corrected chi connectivity index (χ0v) is 32.4. The molecule has 11 rings (SSSR count). The number of nitriles is 1. The Labute approximate surface area is 347 Å². The third kappa shape index (κ3) is 6.05. The summed E-state index contributed by atoms with van der Waals surface area (Å²) in [6.07, 6.45) is 0. The fourth-order valence-corrected chi connectivity index (χ4v) is 8.67. The van der Waals surface area contributed by atoms with Gasteiger partial charge in [0.15, 0.2) is 17.5 Å². The Balaban J connectivity index is 1.05. The molecule has 4 heteroatoms. The highest BCUT2D eigenvalue weighted by molar-refractivity contribution is 6.12. The lowest BCUT2D eigenvalue weighted by Gasteiger charge is -2.15. The summed E-state index contributed by atoms with van der Waals surface area (Å²) in [4.78, 5) is 15.5. The Morgan fingerprint density at radius 3 is 1.58 bits per heavy atom. The van der Waals surface area contributed by atoms with Crippen LogP contribution in [-0.4, -0.2) is 15.0 Å². The molecule has 0 saturated heterocycles. The summed E-state index contributed by atoms with van der Waals surface area (Å²) in [5.41, 5.74) is 8.95. The van der Waals surface area contributed by atoms with E-state index < -0.39 is 0 Å². The third-order valence-corrected chi connectivity index (χ3v) is 11.6. The summed E-state index contributed by atoms with van der Waals surface area (Å²) >= 11 is 0. The molecule has 10 aromatic carbocycles. The summed E-state index contributed by atoms with van der Waals surface area (Å²) in [7, 11) is 0. The molecule has 60 heavy (non-hydrogen) atoms. The maximum absolute atomic E-state index is 11.0. The van der Waals surface area contributed by atoms with Crippen molar-refractivity contribution in [3.63, 3.8) is 0 Å². The Hall–Kier alpha value is -8.26. The SMILES string of the molecule is N#Cc1c(-c2cccc(-c3ccc4ccc5ccccc5c4c3)c2)cccc1-c1ccccc1-c1nc(-c2ccccc2)nc(-c2cccc3c2ccc2ccccc23)n1.